The quantitative estimate of drug-likeness (QED) is 0.726. The van der Waals surface area contributed by atoms with Crippen molar-refractivity contribution in [2.24, 2.45) is 0 Å². The average molecular weight is 306 g/mol. The molecule has 0 aliphatic heterocycles. The first-order valence-electron chi connectivity index (χ1n) is 6.48. The van der Waals surface area contributed by atoms with Gasteiger partial charge in [-0.1, -0.05) is 13.8 Å². The smallest absolute Gasteiger partial charge is 0.232 e. The molecule has 0 bridgehead atoms. The number of hydrogen-bond donors (Lipinski definition) is 2. The SMILES string of the molecule is CC(C)NCCCCS(=O)(=O)Nc1cc(F)cc(F)c1. The van der Waals surface area contributed by atoms with E-state index < -0.39 is 21.7 Å². The van der Waals surface area contributed by atoms with Crippen molar-refractivity contribution in [1.82, 2.24) is 5.32 Å². The third kappa shape index (κ3) is 6.81. The predicted molar refractivity (Wildman–Crippen MR) is 76.1 cm³/mol. The van der Waals surface area contributed by atoms with Crippen molar-refractivity contribution in [2.45, 2.75) is 32.7 Å². The molecule has 0 heterocycles. The second-order valence-corrected chi connectivity index (χ2v) is 6.74. The summed E-state index contributed by atoms with van der Waals surface area (Å²) in [4.78, 5) is 0. The molecule has 0 spiro atoms. The third-order valence-electron chi connectivity index (χ3n) is 2.53. The Kier molecular flexibility index (Phi) is 6.35. The summed E-state index contributed by atoms with van der Waals surface area (Å²) in [6.45, 7) is 4.76. The van der Waals surface area contributed by atoms with Crippen LogP contribution in [0.1, 0.15) is 26.7 Å². The second-order valence-electron chi connectivity index (χ2n) is 4.89. The van der Waals surface area contributed by atoms with Crippen molar-refractivity contribution in [2.75, 3.05) is 17.0 Å². The molecule has 0 unspecified atom stereocenters. The lowest BCUT2D eigenvalue weighted by Gasteiger charge is -2.09. The van der Waals surface area contributed by atoms with Gasteiger partial charge < -0.3 is 5.32 Å². The normalized spacial score (nSPS) is 11.8. The number of benzene rings is 1. The molecule has 0 atom stereocenters. The van der Waals surface area contributed by atoms with Crippen molar-refractivity contribution in [1.29, 1.82) is 0 Å². The Bertz CT molecular complexity index is 513. The molecule has 0 radical (unpaired) electrons. The fourth-order valence-electron chi connectivity index (χ4n) is 1.65. The van der Waals surface area contributed by atoms with E-state index >= 15 is 0 Å². The Hall–Kier alpha value is -1.21. The van der Waals surface area contributed by atoms with E-state index in [4.69, 9.17) is 0 Å². The van der Waals surface area contributed by atoms with E-state index in [2.05, 4.69) is 10.0 Å². The number of rotatable bonds is 8. The molecule has 0 saturated heterocycles. The maximum absolute atomic E-state index is 12.9. The molecular formula is C13H20F2N2O2S. The summed E-state index contributed by atoms with van der Waals surface area (Å²) in [6, 6.07) is 2.94. The third-order valence-corrected chi connectivity index (χ3v) is 3.90. The van der Waals surface area contributed by atoms with E-state index in [0.29, 0.717) is 18.5 Å². The standard InChI is InChI=1S/C13H20F2N2O2S/c1-10(2)16-5-3-4-6-20(18,19)17-13-8-11(14)7-12(15)9-13/h7-10,16-17H,3-6H2,1-2H3. The molecule has 1 rings (SSSR count). The average Bonchev–Trinajstić information content (AvgIpc) is 2.25. The Morgan fingerprint density at radius 1 is 1.10 bits per heavy atom. The van der Waals surface area contributed by atoms with Crippen LogP contribution in [-0.2, 0) is 10.0 Å². The summed E-state index contributed by atoms with van der Waals surface area (Å²) in [5.74, 6) is -1.71. The Morgan fingerprint density at radius 2 is 1.70 bits per heavy atom. The van der Waals surface area contributed by atoms with Crippen LogP contribution in [0.3, 0.4) is 0 Å². The van der Waals surface area contributed by atoms with E-state index in [0.717, 1.165) is 25.1 Å². The van der Waals surface area contributed by atoms with Gasteiger partial charge in [0.05, 0.1) is 11.4 Å². The minimum atomic E-state index is -3.58. The van der Waals surface area contributed by atoms with Gasteiger partial charge in [0, 0.05) is 12.1 Å². The van der Waals surface area contributed by atoms with E-state index in [9.17, 15) is 17.2 Å². The summed E-state index contributed by atoms with van der Waals surface area (Å²) in [6.07, 6.45) is 1.20. The highest BCUT2D eigenvalue weighted by atomic mass is 32.2. The van der Waals surface area contributed by atoms with Crippen molar-refractivity contribution < 1.29 is 17.2 Å². The zero-order valence-electron chi connectivity index (χ0n) is 11.6. The summed E-state index contributed by atoms with van der Waals surface area (Å²) < 4.78 is 51.6. The Labute approximate surface area is 118 Å². The molecule has 0 aromatic heterocycles. The lowest BCUT2D eigenvalue weighted by molar-refractivity contribution is 0.561. The largest absolute Gasteiger partial charge is 0.315 e. The molecule has 20 heavy (non-hydrogen) atoms. The van der Waals surface area contributed by atoms with Gasteiger partial charge in [0.1, 0.15) is 11.6 Å². The summed E-state index contributed by atoms with van der Waals surface area (Å²) in [5.41, 5.74) is -0.0946. The van der Waals surface area contributed by atoms with Gasteiger partial charge in [-0.05, 0) is 31.5 Å². The Balaban J connectivity index is 2.45. The van der Waals surface area contributed by atoms with Crippen molar-refractivity contribution in [3.63, 3.8) is 0 Å². The Morgan fingerprint density at radius 3 is 2.25 bits per heavy atom. The molecule has 4 nitrogen and oxygen atoms in total. The number of unbranched alkanes of at least 4 members (excludes halogenated alkanes) is 1. The van der Waals surface area contributed by atoms with E-state index in [1.807, 2.05) is 13.8 Å². The predicted octanol–water partition coefficient (Wildman–Crippen LogP) is 2.48. The van der Waals surface area contributed by atoms with Crippen LogP contribution >= 0.6 is 0 Å². The van der Waals surface area contributed by atoms with E-state index in [-0.39, 0.29) is 11.4 Å². The lowest BCUT2D eigenvalue weighted by Crippen LogP contribution is -2.24. The molecule has 2 N–H and O–H groups in total. The van der Waals surface area contributed by atoms with Crippen LogP contribution in [-0.4, -0.2) is 26.8 Å². The molecule has 0 amide bonds. The molecular weight excluding hydrogens is 286 g/mol. The second kappa shape index (κ2) is 7.54. The number of halogens is 2. The van der Waals surface area contributed by atoms with Gasteiger partial charge in [-0.2, -0.15) is 0 Å². The molecule has 0 saturated carbocycles. The van der Waals surface area contributed by atoms with Gasteiger partial charge in [0.15, 0.2) is 0 Å². The number of anilines is 1. The molecule has 0 fully saturated rings. The topological polar surface area (TPSA) is 58.2 Å². The van der Waals surface area contributed by atoms with Gasteiger partial charge in [0.25, 0.3) is 0 Å². The number of sulfonamides is 1. The lowest BCUT2D eigenvalue weighted by atomic mass is 10.3. The highest BCUT2D eigenvalue weighted by Crippen LogP contribution is 2.14. The first kappa shape index (κ1) is 16.8. The van der Waals surface area contributed by atoms with Crippen LogP contribution in [0.25, 0.3) is 0 Å². The van der Waals surface area contributed by atoms with Crippen LogP contribution in [0.2, 0.25) is 0 Å². The fourth-order valence-corrected chi connectivity index (χ4v) is 2.81. The van der Waals surface area contributed by atoms with Crippen LogP contribution < -0.4 is 10.0 Å². The zero-order valence-corrected chi connectivity index (χ0v) is 12.4. The molecule has 0 aliphatic carbocycles. The van der Waals surface area contributed by atoms with Gasteiger partial charge >= 0.3 is 0 Å². The molecule has 7 heteroatoms. The summed E-state index contributed by atoms with van der Waals surface area (Å²) in [5, 5.41) is 3.18. The molecule has 1 aromatic rings. The number of nitrogens with one attached hydrogen (secondary N) is 2. The number of hydrogen-bond acceptors (Lipinski definition) is 3. The van der Waals surface area contributed by atoms with Crippen molar-refractivity contribution in [3.05, 3.63) is 29.8 Å². The monoisotopic (exact) mass is 306 g/mol. The zero-order chi connectivity index (χ0) is 15.2. The van der Waals surface area contributed by atoms with Crippen LogP contribution in [0.4, 0.5) is 14.5 Å². The maximum atomic E-state index is 12.9. The van der Waals surface area contributed by atoms with Crippen LogP contribution in [0.5, 0.6) is 0 Å². The highest BCUT2D eigenvalue weighted by molar-refractivity contribution is 7.92. The van der Waals surface area contributed by atoms with Gasteiger partial charge in [0.2, 0.25) is 10.0 Å². The van der Waals surface area contributed by atoms with Gasteiger partial charge in [-0.15, -0.1) is 0 Å². The minimum Gasteiger partial charge on any atom is -0.315 e. The van der Waals surface area contributed by atoms with Crippen LogP contribution in [0.15, 0.2) is 18.2 Å². The van der Waals surface area contributed by atoms with E-state index in [1.54, 1.807) is 0 Å². The summed E-state index contributed by atoms with van der Waals surface area (Å²) >= 11 is 0. The summed E-state index contributed by atoms with van der Waals surface area (Å²) in [7, 11) is -3.58. The fraction of sp³-hybridized carbons (Fsp3) is 0.538. The first-order valence-corrected chi connectivity index (χ1v) is 8.14. The first-order chi connectivity index (χ1) is 9.28. The van der Waals surface area contributed by atoms with E-state index in [1.165, 1.54) is 0 Å². The molecule has 114 valence electrons. The van der Waals surface area contributed by atoms with Gasteiger partial charge in [-0.3, -0.25) is 4.72 Å². The maximum Gasteiger partial charge on any atom is 0.232 e. The molecule has 0 aliphatic rings. The molecule has 1 aromatic carbocycles. The van der Waals surface area contributed by atoms with Gasteiger partial charge in [-0.25, -0.2) is 17.2 Å². The minimum absolute atomic E-state index is 0.0785. The van der Waals surface area contributed by atoms with Crippen molar-refractivity contribution in [3.8, 4) is 0 Å². The van der Waals surface area contributed by atoms with Crippen molar-refractivity contribution >= 4 is 15.7 Å². The van der Waals surface area contributed by atoms with Crippen LogP contribution in [0, 0.1) is 11.6 Å². The highest BCUT2D eigenvalue weighted by Gasteiger charge is 2.11.